The van der Waals surface area contributed by atoms with Gasteiger partial charge >= 0.3 is 0 Å². The van der Waals surface area contributed by atoms with Crippen LogP contribution >= 0.6 is 11.6 Å². The number of hydrogen-bond donors (Lipinski definition) is 0. The van der Waals surface area contributed by atoms with E-state index in [1.807, 2.05) is 26.0 Å². The predicted molar refractivity (Wildman–Crippen MR) is 155 cm³/mol. The van der Waals surface area contributed by atoms with Crippen LogP contribution < -0.4 is 9.80 Å². The molecule has 2 aromatic heterocycles. The van der Waals surface area contributed by atoms with Gasteiger partial charge in [-0.25, -0.2) is 13.4 Å². The molecule has 0 spiro atoms. The first kappa shape index (κ1) is 25.6. The van der Waals surface area contributed by atoms with E-state index in [0.29, 0.717) is 16.4 Å². The highest BCUT2D eigenvalue weighted by Crippen LogP contribution is 2.33. The van der Waals surface area contributed by atoms with Crippen LogP contribution in [0.5, 0.6) is 0 Å². The Balaban J connectivity index is 1.44. The Kier molecular flexibility index (Phi) is 6.23. The molecular formula is C29H29ClN6O2S. The van der Waals surface area contributed by atoms with Gasteiger partial charge in [-0.1, -0.05) is 35.0 Å². The van der Waals surface area contributed by atoms with E-state index in [2.05, 4.69) is 52.2 Å². The first-order valence-corrected chi connectivity index (χ1v) is 14.7. The summed E-state index contributed by atoms with van der Waals surface area (Å²) >= 11 is 6.41. The minimum absolute atomic E-state index is 0.155. The van der Waals surface area contributed by atoms with Gasteiger partial charge in [0, 0.05) is 42.3 Å². The average Bonchev–Trinajstić information content (AvgIpc) is 3.36. The lowest BCUT2D eigenvalue weighted by atomic mass is 10.1. The summed E-state index contributed by atoms with van der Waals surface area (Å²) in [6.45, 7) is 11.1. The minimum Gasteiger partial charge on any atom is -0.368 e. The summed E-state index contributed by atoms with van der Waals surface area (Å²) in [6.07, 6.45) is 0. The molecule has 0 atom stereocenters. The molecule has 0 bridgehead atoms. The summed E-state index contributed by atoms with van der Waals surface area (Å²) in [4.78, 5) is 9.66. The molecule has 39 heavy (non-hydrogen) atoms. The van der Waals surface area contributed by atoms with Gasteiger partial charge in [0.15, 0.2) is 5.65 Å². The zero-order chi connectivity index (χ0) is 27.5. The van der Waals surface area contributed by atoms with Gasteiger partial charge in [-0.2, -0.15) is 4.52 Å². The Morgan fingerprint density at radius 2 is 1.51 bits per heavy atom. The standard InChI is InChI=1S/C29H29ClN6O2S/c1-18-5-6-20(3)26(15-18)34-11-13-35(14-12-34)27-24-17-22(30)8-10-25(24)36-28(31-27)29(32-33-36)39(37,38)23-9-7-19(2)21(4)16-23/h5-10,15-17H,11-14H2,1-4H3. The Hall–Kier alpha value is -3.69. The third-order valence-electron chi connectivity index (χ3n) is 7.58. The smallest absolute Gasteiger partial charge is 0.229 e. The number of benzene rings is 3. The highest BCUT2D eigenvalue weighted by molar-refractivity contribution is 7.91. The third-order valence-corrected chi connectivity index (χ3v) is 9.47. The molecular weight excluding hydrogens is 532 g/mol. The number of sulfone groups is 1. The van der Waals surface area contributed by atoms with Crippen LogP contribution in [0.1, 0.15) is 22.3 Å². The van der Waals surface area contributed by atoms with Gasteiger partial charge in [-0.05, 0) is 86.3 Å². The predicted octanol–water partition coefficient (Wildman–Crippen LogP) is 5.32. The fraction of sp³-hybridized carbons (Fsp3) is 0.276. The van der Waals surface area contributed by atoms with Crippen LogP contribution in [0.25, 0.3) is 16.6 Å². The van der Waals surface area contributed by atoms with Gasteiger partial charge in [-0.3, -0.25) is 0 Å². The zero-order valence-corrected chi connectivity index (χ0v) is 23.9. The first-order chi connectivity index (χ1) is 18.6. The van der Waals surface area contributed by atoms with Gasteiger partial charge in [0.1, 0.15) is 5.82 Å². The van der Waals surface area contributed by atoms with E-state index in [0.717, 1.165) is 42.7 Å². The largest absolute Gasteiger partial charge is 0.368 e. The molecule has 3 heterocycles. The van der Waals surface area contributed by atoms with E-state index in [1.165, 1.54) is 21.3 Å². The molecule has 1 aliphatic rings. The number of aromatic nitrogens is 4. The molecule has 0 unspecified atom stereocenters. The van der Waals surface area contributed by atoms with Gasteiger partial charge in [0.2, 0.25) is 14.9 Å². The van der Waals surface area contributed by atoms with Crippen molar-refractivity contribution in [3.63, 3.8) is 0 Å². The second-order valence-corrected chi connectivity index (χ2v) is 12.5. The molecule has 3 aromatic carbocycles. The molecule has 1 saturated heterocycles. The molecule has 5 aromatic rings. The monoisotopic (exact) mass is 560 g/mol. The summed E-state index contributed by atoms with van der Waals surface area (Å²) < 4.78 is 28.9. The van der Waals surface area contributed by atoms with Crippen molar-refractivity contribution in [1.82, 2.24) is 19.8 Å². The average molecular weight is 561 g/mol. The molecule has 10 heteroatoms. The van der Waals surface area contributed by atoms with E-state index in [-0.39, 0.29) is 15.6 Å². The lowest BCUT2D eigenvalue weighted by molar-refractivity contribution is 0.592. The van der Waals surface area contributed by atoms with Crippen LogP contribution in [0, 0.1) is 27.7 Å². The van der Waals surface area contributed by atoms with E-state index in [4.69, 9.17) is 16.6 Å². The van der Waals surface area contributed by atoms with Gasteiger partial charge in [0.05, 0.1) is 10.4 Å². The maximum absolute atomic E-state index is 13.7. The second kappa shape index (κ2) is 9.50. The number of piperazine rings is 1. The van der Waals surface area contributed by atoms with Crippen molar-refractivity contribution in [1.29, 1.82) is 0 Å². The molecule has 1 aliphatic heterocycles. The van der Waals surface area contributed by atoms with Crippen LogP contribution in [-0.4, -0.2) is 54.4 Å². The van der Waals surface area contributed by atoms with Crippen molar-refractivity contribution in [2.24, 2.45) is 0 Å². The molecule has 1 fully saturated rings. The molecule has 200 valence electrons. The van der Waals surface area contributed by atoms with Crippen LogP contribution in [0.3, 0.4) is 0 Å². The Labute approximate surface area is 232 Å². The van der Waals surface area contributed by atoms with Gasteiger partial charge in [-0.15, -0.1) is 5.10 Å². The molecule has 0 N–H and O–H groups in total. The minimum atomic E-state index is -3.95. The fourth-order valence-electron chi connectivity index (χ4n) is 5.18. The maximum Gasteiger partial charge on any atom is 0.229 e. The lowest BCUT2D eigenvalue weighted by Crippen LogP contribution is -2.47. The fourth-order valence-corrected chi connectivity index (χ4v) is 6.67. The van der Waals surface area contributed by atoms with Gasteiger partial charge in [0.25, 0.3) is 0 Å². The highest BCUT2D eigenvalue weighted by Gasteiger charge is 2.29. The molecule has 0 aliphatic carbocycles. The second-order valence-electron chi connectivity index (χ2n) is 10.2. The number of hydrogen-bond acceptors (Lipinski definition) is 7. The van der Waals surface area contributed by atoms with Crippen LogP contribution in [0.2, 0.25) is 5.02 Å². The van der Waals surface area contributed by atoms with E-state index < -0.39 is 9.84 Å². The number of halogens is 1. The molecule has 6 rings (SSSR count). The summed E-state index contributed by atoms with van der Waals surface area (Å²) in [6, 6.07) is 17.1. The van der Waals surface area contributed by atoms with Crippen molar-refractivity contribution < 1.29 is 8.42 Å². The normalized spacial score (nSPS) is 14.5. The van der Waals surface area contributed by atoms with Gasteiger partial charge < -0.3 is 9.80 Å². The quantitative estimate of drug-likeness (QED) is 0.294. The highest BCUT2D eigenvalue weighted by atomic mass is 35.5. The van der Waals surface area contributed by atoms with Crippen molar-refractivity contribution in [3.05, 3.63) is 81.9 Å². The number of aryl methyl sites for hydroxylation is 4. The SMILES string of the molecule is Cc1ccc(C)c(N2CCN(c3nc4c(S(=O)(=O)c5ccc(C)c(C)c5)nnn4c4ccc(Cl)cc34)CC2)c1. The Morgan fingerprint density at radius 1 is 0.795 bits per heavy atom. The maximum atomic E-state index is 13.7. The molecule has 0 amide bonds. The molecule has 0 saturated carbocycles. The number of rotatable bonds is 4. The van der Waals surface area contributed by atoms with E-state index in [1.54, 1.807) is 24.3 Å². The number of nitrogens with zero attached hydrogens (tertiary/aromatic N) is 6. The third kappa shape index (κ3) is 4.39. The molecule has 8 nitrogen and oxygen atoms in total. The van der Waals surface area contributed by atoms with E-state index >= 15 is 0 Å². The van der Waals surface area contributed by atoms with Crippen molar-refractivity contribution in [3.8, 4) is 0 Å². The van der Waals surface area contributed by atoms with Crippen molar-refractivity contribution in [2.45, 2.75) is 37.6 Å². The summed E-state index contributed by atoms with van der Waals surface area (Å²) in [5, 5.41) is 9.56. The van der Waals surface area contributed by atoms with E-state index in [9.17, 15) is 8.42 Å². The first-order valence-electron chi connectivity index (χ1n) is 12.9. The topological polar surface area (TPSA) is 83.7 Å². The lowest BCUT2D eigenvalue weighted by Gasteiger charge is -2.38. The summed E-state index contributed by atoms with van der Waals surface area (Å²) in [5.74, 6) is 0.680. The number of fused-ring (bicyclic) bond motifs is 3. The summed E-state index contributed by atoms with van der Waals surface area (Å²) in [5.41, 5.74) is 6.54. The summed E-state index contributed by atoms with van der Waals surface area (Å²) in [7, 11) is -3.95. The Morgan fingerprint density at radius 3 is 2.26 bits per heavy atom. The zero-order valence-electron chi connectivity index (χ0n) is 22.3. The molecule has 0 radical (unpaired) electrons. The Bertz CT molecular complexity index is 1860. The van der Waals surface area contributed by atoms with Crippen molar-refractivity contribution in [2.75, 3.05) is 36.0 Å². The number of anilines is 2. The van der Waals surface area contributed by atoms with Crippen LogP contribution in [0.15, 0.2) is 64.5 Å². The van der Waals surface area contributed by atoms with Crippen LogP contribution in [0.4, 0.5) is 11.5 Å². The van der Waals surface area contributed by atoms with Crippen molar-refractivity contribution >= 4 is 49.5 Å². The van der Waals surface area contributed by atoms with Crippen LogP contribution in [-0.2, 0) is 9.84 Å².